The molecule has 3 heteroatoms. The minimum atomic E-state index is 1.04. The molecule has 1 aromatic heterocycles. The van der Waals surface area contributed by atoms with Crippen molar-refractivity contribution in [2.75, 3.05) is 13.1 Å². The van der Waals surface area contributed by atoms with Gasteiger partial charge in [0.15, 0.2) is 0 Å². The average molecular weight is 193 g/mol. The second-order valence-electron chi connectivity index (χ2n) is 4.25. The van der Waals surface area contributed by atoms with Crippen molar-refractivity contribution in [1.82, 2.24) is 15.1 Å². The Morgan fingerprint density at radius 2 is 2.36 bits per heavy atom. The van der Waals surface area contributed by atoms with Gasteiger partial charge < -0.3 is 5.32 Å². The van der Waals surface area contributed by atoms with Crippen LogP contribution in [0.5, 0.6) is 0 Å². The van der Waals surface area contributed by atoms with Gasteiger partial charge in [-0.25, -0.2) is 0 Å². The molecule has 0 aliphatic heterocycles. The van der Waals surface area contributed by atoms with E-state index < -0.39 is 0 Å². The Labute approximate surface area is 85.5 Å². The SMILES string of the molecule is Cn1cc(CCNCCC2CC2)cn1. The van der Waals surface area contributed by atoms with Crippen LogP contribution in [0.3, 0.4) is 0 Å². The van der Waals surface area contributed by atoms with Gasteiger partial charge in [-0.2, -0.15) is 5.10 Å². The van der Waals surface area contributed by atoms with Gasteiger partial charge in [-0.05, 0) is 37.4 Å². The van der Waals surface area contributed by atoms with Crippen LogP contribution in [-0.4, -0.2) is 22.9 Å². The topological polar surface area (TPSA) is 29.9 Å². The first kappa shape index (κ1) is 9.71. The van der Waals surface area contributed by atoms with E-state index in [9.17, 15) is 0 Å². The zero-order valence-electron chi connectivity index (χ0n) is 8.87. The van der Waals surface area contributed by atoms with E-state index >= 15 is 0 Å². The van der Waals surface area contributed by atoms with Crippen LogP contribution in [0.2, 0.25) is 0 Å². The first-order valence-electron chi connectivity index (χ1n) is 5.53. The smallest absolute Gasteiger partial charge is 0.0522 e. The van der Waals surface area contributed by atoms with Crippen LogP contribution in [0.4, 0.5) is 0 Å². The highest BCUT2D eigenvalue weighted by atomic mass is 15.2. The molecule has 0 saturated heterocycles. The number of hydrogen-bond donors (Lipinski definition) is 1. The molecule has 78 valence electrons. The molecule has 14 heavy (non-hydrogen) atoms. The molecule has 0 radical (unpaired) electrons. The average Bonchev–Trinajstić information content (AvgIpc) is 2.89. The number of aryl methyl sites for hydroxylation is 1. The lowest BCUT2D eigenvalue weighted by molar-refractivity contribution is 0.613. The summed E-state index contributed by atoms with van der Waals surface area (Å²) in [6.45, 7) is 2.27. The molecule has 1 aliphatic rings. The lowest BCUT2D eigenvalue weighted by Gasteiger charge is -2.01. The van der Waals surface area contributed by atoms with Gasteiger partial charge in [0.2, 0.25) is 0 Å². The van der Waals surface area contributed by atoms with E-state index in [4.69, 9.17) is 0 Å². The second kappa shape index (κ2) is 4.60. The Morgan fingerprint density at radius 3 is 3.00 bits per heavy atom. The van der Waals surface area contributed by atoms with Crippen LogP contribution < -0.4 is 5.32 Å². The van der Waals surface area contributed by atoms with Gasteiger partial charge >= 0.3 is 0 Å². The summed E-state index contributed by atoms with van der Waals surface area (Å²) in [4.78, 5) is 0. The van der Waals surface area contributed by atoms with E-state index in [0.29, 0.717) is 0 Å². The molecule has 0 spiro atoms. The molecule has 0 aromatic carbocycles. The first-order chi connectivity index (χ1) is 6.84. The third-order valence-corrected chi connectivity index (χ3v) is 2.78. The maximum absolute atomic E-state index is 4.14. The summed E-state index contributed by atoms with van der Waals surface area (Å²) in [7, 11) is 1.96. The summed E-state index contributed by atoms with van der Waals surface area (Å²) in [5.41, 5.74) is 1.33. The highest BCUT2D eigenvalue weighted by Crippen LogP contribution is 2.31. The third kappa shape index (κ3) is 3.14. The quantitative estimate of drug-likeness (QED) is 0.691. The van der Waals surface area contributed by atoms with Crippen LogP contribution in [0.15, 0.2) is 12.4 Å². The van der Waals surface area contributed by atoms with Gasteiger partial charge in [0.25, 0.3) is 0 Å². The number of hydrogen-bond acceptors (Lipinski definition) is 2. The van der Waals surface area contributed by atoms with E-state index in [1.54, 1.807) is 0 Å². The highest BCUT2D eigenvalue weighted by Gasteiger charge is 2.19. The summed E-state index contributed by atoms with van der Waals surface area (Å²) in [6.07, 6.45) is 9.42. The Morgan fingerprint density at radius 1 is 1.50 bits per heavy atom. The fourth-order valence-electron chi connectivity index (χ4n) is 1.67. The molecule has 2 rings (SSSR count). The van der Waals surface area contributed by atoms with Crippen molar-refractivity contribution in [3.63, 3.8) is 0 Å². The van der Waals surface area contributed by atoms with Gasteiger partial charge in [0, 0.05) is 13.2 Å². The van der Waals surface area contributed by atoms with Crippen molar-refractivity contribution in [3.8, 4) is 0 Å². The number of aromatic nitrogens is 2. The van der Waals surface area contributed by atoms with Gasteiger partial charge in [-0.1, -0.05) is 12.8 Å². The number of nitrogens with one attached hydrogen (secondary N) is 1. The van der Waals surface area contributed by atoms with Crippen molar-refractivity contribution in [2.45, 2.75) is 25.7 Å². The van der Waals surface area contributed by atoms with Gasteiger partial charge in [-0.3, -0.25) is 4.68 Å². The maximum Gasteiger partial charge on any atom is 0.0522 e. The Bertz CT molecular complexity index is 276. The van der Waals surface area contributed by atoms with Crippen molar-refractivity contribution in [3.05, 3.63) is 18.0 Å². The largest absolute Gasteiger partial charge is 0.316 e. The molecule has 1 N–H and O–H groups in total. The predicted octanol–water partition coefficient (Wildman–Crippen LogP) is 1.35. The van der Waals surface area contributed by atoms with Gasteiger partial charge in [0.1, 0.15) is 0 Å². The molecule has 1 aromatic rings. The molecule has 0 amide bonds. The maximum atomic E-state index is 4.14. The minimum absolute atomic E-state index is 1.04. The molecular formula is C11H19N3. The number of nitrogens with zero attached hydrogens (tertiary/aromatic N) is 2. The fourth-order valence-corrected chi connectivity index (χ4v) is 1.67. The second-order valence-corrected chi connectivity index (χ2v) is 4.25. The fraction of sp³-hybridized carbons (Fsp3) is 0.727. The normalized spacial score (nSPS) is 16.1. The first-order valence-corrected chi connectivity index (χ1v) is 5.53. The summed E-state index contributed by atoms with van der Waals surface area (Å²) < 4.78 is 1.86. The number of rotatable bonds is 6. The summed E-state index contributed by atoms with van der Waals surface area (Å²) in [5.74, 6) is 1.04. The Hall–Kier alpha value is -0.830. The standard InChI is InChI=1S/C11H19N3/c1-14-9-11(8-13-14)5-7-12-6-4-10-2-3-10/h8-10,12H,2-7H2,1H3. The Kier molecular flexibility index (Phi) is 3.19. The van der Waals surface area contributed by atoms with E-state index in [0.717, 1.165) is 18.9 Å². The lowest BCUT2D eigenvalue weighted by Crippen LogP contribution is -2.18. The zero-order valence-corrected chi connectivity index (χ0v) is 8.87. The van der Waals surface area contributed by atoms with E-state index in [1.165, 1.54) is 31.4 Å². The molecule has 1 saturated carbocycles. The van der Waals surface area contributed by atoms with Crippen molar-refractivity contribution in [2.24, 2.45) is 13.0 Å². The Balaban J connectivity index is 1.53. The van der Waals surface area contributed by atoms with E-state index in [1.807, 2.05) is 17.9 Å². The van der Waals surface area contributed by atoms with E-state index in [2.05, 4.69) is 16.6 Å². The van der Waals surface area contributed by atoms with Crippen molar-refractivity contribution in [1.29, 1.82) is 0 Å². The highest BCUT2D eigenvalue weighted by molar-refractivity contribution is 5.03. The third-order valence-electron chi connectivity index (χ3n) is 2.78. The molecule has 1 heterocycles. The minimum Gasteiger partial charge on any atom is -0.316 e. The van der Waals surface area contributed by atoms with Crippen LogP contribution in [-0.2, 0) is 13.5 Å². The lowest BCUT2D eigenvalue weighted by atomic mass is 10.2. The zero-order chi connectivity index (χ0) is 9.80. The predicted molar refractivity (Wildman–Crippen MR) is 57.1 cm³/mol. The summed E-state index contributed by atoms with van der Waals surface area (Å²) in [6, 6.07) is 0. The summed E-state index contributed by atoms with van der Waals surface area (Å²) in [5, 5.41) is 7.62. The molecule has 0 bridgehead atoms. The van der Waals surface area contributed by atoms with Gasteiger partial charge in [-0.15, -0.1) is 0 Å². The van der Waals surface area contributed by atoms with Crippen LogP contribution in [0.25, 0.3) is 0 Å². The van der Waals surface area contributed by atoms with E-state index in [-0.39, 0.29) is 0 Å². The molecule has 1 aliphatic carbocycles. The summed E-state index contributed by atoms with van der Waals surface area (Å²) >= 11 is 0. The van der Waals surface area contributed by atoms with Crippen LogP contribution >= 0.6 is 0 Å². The molecule has 0 atom stereocenters. The molecular weight excluding hydrogens is 174 g/mol. The monoisotopic (exact) mass is 193 g/mol. The molecule has 1 fully saturated rings. The van der Waals surface area contributed by atoms with Crippen molar-refractivity contribution >= 4 is 0 Å². The molecule has 0 unspecified atom stereocenters. The van der Waals surface area contributed by atoms with Gasteiger partial charge in [0.05, 0.1) is 6.20 Å². The van der Waals surface area contributed by atoms with Crippen LogP contribution in [0.1, 0.15) is 24.8 Å². The van der Waals surface area contributed by atoms with Crippen molar-refractivity contribution < 1.29 is 0 Å². The van der Waals surface area contributed by atoms with Crippen LogP contribution in [0, 0.1) is 5.92 Å². The molecule has 3 nitrogen and oxygen atoms in total.